The van der Waals surface area contributed by atoms with Crippen LogP contribution in [0.4, 0.5) is 5.69 Å². The van der Waals surface area contributed by atoms with E-state index in [1.54, 1.807) is 6.07 Å². The second-order valence-corrected chi connectivity index (χ2v) is 8.80. The van der Waals surface area contributed by atoms with Crippen molar-refractivity contribution in [1.29, 1.82) is 0 Å². The summed E-state index contributed by atoms with van der Waals surface area (Å²) in [6, 6.07) is 6.90. The Bertz CT molecular complexity index is 716. The zero-order valence-corrected chi connectivity index (χ0v) is 14.3. The number of rotatable bonds is 4. The van der Waals surface area contributed by atoms with Gasteiger partial charge in [0.1, 0.15) is 0 Å². The van der Waals surface area contributed by atoms with Crippen LogP contribution in [0, 0.1) is 13.8 Å². The van der Waals surface area contributed by atoms with Crippen molar-refractivity contribution in [2.24, 2.45) is 0 Å². The van der Waals surface area contributed by atoms with Gasteiger partial charge in [-0.15, -0.1) is 11.3 Å². The molecule has 0 aliphatic rings. The molecule has 3 N–H and O–H groups in total. The number of anilines is 1. The van der Waals surface area contributed by atoms with Gasteiger partial charge in [-0.05, 0) is 65.2 Å². The topological polar surface area (TPSA) is 72.2 Å². The smallest absolute Gasteiger partial charge is 0.240 e. The molecule has 0 fully saturated rings. The van der Waals surface area contributed by atoms with Crippen LogP contribution in [-0.2, 0) is 16.6 Å². The zero-order valence-electron chi connectivity index (χ0n) is 11.1. The molecule has 0 amide bonds. The van der Waals surface area contributed by atoms with E-state index in [4.69, 9.17) is 5.73 Å². The van der Waals surface area contributed by atoms with Crippen molar-refractivity contribution in [3.05, 3.63) is 44.1 Å². The summed E-state index contributed by atoms with van der Waals surface area (Å²) in [4.78, 5) is 1.14. The second-order valence-electron chi connectivity index (χ2n) is 4.48. The summed E-state index contributed by atoms with van der Waals surface area (Å²) in [5.74, 6) is 0. The number of halogens is 1. The molecule has 0 bridgehead atoms. The van der Waals surface area contributed by atoms with Crippen LogP contribution in [0.2, 0.25) is 0 Å². The monoisotopic (exact) mass is 374 g/mol. The number of nitrogens with two attached hydrogens (primary N) is 1. The van der Waals surface area contributed by atoms with Crippen LogP contribution in [0.15, 0.2) is 32.9 Å². The molecule has 0 atom stereocenters. The number of benzene rings is 1. The highest BCUT2D eigenvalue weighted by molar-refractivity contribution is 9.11. The molecule has 0 aliphatic carbocycles. The van der Waals surface area contributed by atoms with E-state index < -0.39 is 10.0 Å². The average molecular weight is 375 g/mol. The van der Waals surface area contributed by atoms with Gasteiger partial charge in [0.25, 0.3) is 0 Å². The van der Waals surface area contributed by atoms with Gasteiger partial charge in [0, 0.05) is 17.1 Å². The van der Waals surface area contributed by atoms with Crippen molar-refractivity contribution in [3.63, 3.8) is 0 Å². The molecule has 1 heterocycles. The molecule has 108 valence electrons. The van der Waals surface area contributed by atoms with Crippen LogP contribution in [0.3, 0.4) is 0 Å². The molecule has 0 radical (unpaired) electrons. The van der Waals surface area contributed by atoms with Gasteiger partial charge in [0.15, 0.2) is 0 Å². The average Bonchev–Trinajstić information content (AvgIpc) is 2.79. The molecular weight excluding hydrogens is 360 g/mol. The molecule has 0 unspecified atom stereocenters. The van der Waals surface area contributed by atoms with Gasteiger partial charge in [-0.1, -0.05) is 0 Å². The number of hydrogen-bond donors (Lipinski definition) is 2. The summed E-state index contributed by atoms with van der Waals surface area (Å²) in [6.07, 6.45) is 0. The van der Waals surface area contributed by atoms with E-state index in [-0.39, 0.29) is 11.4 Å². The van der Waals surface area contributed by atoms with Crippen molar-refractivity contribution >= 4 is 43.0 Å². The quantitative estimate of drug-likeness (QED) is 0.807. The van der Waals surface area contributed by atoms with Gasteiger partial charge >= 0.3 is 0 Å². The molecule has 4 nitrogen and oxygen atoms in total. The van der Waals surface area contributed by atoms with E-state index in [0.29, 0.717) is 5.69 Å². The molecule has 20 heavy (non-hydrogen) atoms. The Kier molecular flexibility index (Phi) is 4.53. The lowest BCUT2D eigenvalue weighted by Gasteiger charge is -2.10. The first-order valence-corrected chi connectivity index (χ1v) is 8.99. The maximum Gasteiger partial charge on any atom is 0.240 e. The van der Waals surface area contributed by atoms with Gasteiger partial charge in [-0.3, -0.25) is 0 Å². The second kappa shape index (κ2) is 5.85. The number of thiophene rings is 1. The van der Waals surface area contributed by atoms with Crippen molar-refractivity contribution < 1.29 is 8.42 Å². The van der Waals surface area contributed by atoms with E-state index in [2.05, 4.69) is 20.7 Å². The number of sulfonamides is 1. The summed E-state index contributed by atoms with van der Waals surface area (Å²) in [6.45, 7) is 3.99. The van der Waals surface area contributed by atoms with Crippen molar-refractivity contribution in [2.45, 2.75) is 25.3 Å². The Morgan fingerprint density at radius 1 is 1.30 bits per heavy atom. The lowest BCUT2D eigenvalue weighted by molar-refractivity contribution is 0.581. The summed E-state index contributed by atoms with van der Waals surface area (Å²) < 4.78 is 28.1. The summed E-state index contributed by atoms with van der Waals surface area (Å²) in [7, 11) is -3.55. The highest BCUT2D eigenvalue weighted by atomic mass is 79.9. The highest BCUT2D eigenvalue weighted by Gasteiger charge is 2.16. The maximum atomic E-state index is 12.3. The van der Waals surface area contributed by atoms with Gasteiger partial charge < -0.3 is 5.73 Å². The molecule has 1 aromatic heterocycles. The fraction of sp³-hybridized carbons (Fsp3) is 0.231. The molecule has 2 aromatic rings. The highest BCUT2D eigenvalue weighted by Crippen LogP contribution is 2.24. The molecule has 0 spiro atoms. The Balaban J connectivity index is 2.22. The van der Waals surface area contributed by atoms with Crippen molar-refractivity contribution in [2.75, 3.05) is 5.73 Å². The lowest BCUT2D eigenvalue weighted by atomic mass is 10.1. The Morgan fingerprint density at radius 2 is 2.00 bits per heavy atom. The van der Waals surface area contributed by atoms with E-state index in [0.717, 1.165) is 19.8 Å². The SMILES string of the molecule is Cc1cc(S(=O)(=O)NCc2ccc(Br)s2)cc(N)c1C. The fourth-order valence-electron chi connectivity index (χ4n) is 1.70. The van der Waals surface area contributed by atoms with Gasteiger partial charge in [0.2, 0.25) is 10.0 Å². The minimum Gasteiger partial charge on any atom is -0.398 e. The lowest BCUT2D eigenvalue weighted by Crippen LogP contribution is -2.23. The van der Waals surface area contributed by atoms with Gasteiger partial charge in [0.05, 0.1) is 8.68 Å². The minimum absolute atomic E-state index is 0.203. The standard InChI is InChI=1S/C13H15BrN2O2S2/c1-8-5-11(6-12(15)9(8)2)20(17,18)16-7-10-3-4-13(14)19-10/h3-6,16H,7,15H2,1-2H3. The Morgan fingerprint density at radius 3 is 2.55 bits per heavy atom. The molecule has 2 rings (SSSR count). The number of nitrogen functional groups attached to an aromatic ring is 1. The van der Waals surface area contributed by atoms with Crippen LogP contribution >= 0.6 is 27.3 Å². The minimum atomic E-state index is -3.55. The Hall–Kier alpha value is -0.890. The molecule has 1 aromatic carbocycles. The first kappa shape index (κ1) is 15.5. The third-order valence-corrected chi connectivity index (χ3v) is 6.06. The Labute approximate surface area is 131 Å². The summed E-state index contributed by atoms with van der Waals surface area (Å²) in [5.41, 5.74) is 8.10. The van der Waals surface area contributed by atoms with E-state index in [1.807, 2.05) is 26.0 Å². The summed E-state index contributed by atoms with van der Waals surface area (Å²) >= 11 is 4.85. The van der Waals surface area contributed by atoms with Crippen LogP contribution in [0.1, 0.15) is 16.0 Å². The predicted octanol–water partition coefficient (Wildman–Crippen LogP) is 3.19. The first-order chi connectivity index (χ1) is 9.29. The molecular formula is C13H15BrN2O2S2. The molecule has 0 aliphatic heterocycles. The normalized spacial score (nSPS) is 11.8. The zero-order chi connectivity index (χ0) is 14.9. The van der Waals surface area contributed by atoms with E-state index >= 15 is 0 Å². The van der Waals surface area contributed by atoms with Crippen molar-refractivity contribution in [3.8, 4) is 0 Å². The fourth-order valence-corrected chi connectivity index (χ4v) is 4.34. The van der Waals surface area contributed by atoms with Gasteiger partial charge in [-0.25, -0.2) is 13.1 Å². The molecule has 0 saturated carbocycles. The van der Waals surface area contributed by atoms with Crippen molar-refractivity contribution in [1.82, 2.24) is 4.72 Å². The predicted molar refractivity (Wildman–Crippen MR) is 86.4 cm³/mol. The third-order valence-electron chi connectivity index (χ3n) is 3.06. The van der Waals surface area contributed by atoms with Gasteiger partial charge in [-0.2, -0.15) is 0 Å². The van der Waals surface area contributed by atoms with Crippen LogP contribution in [0.5, 0.6) is 0 Å². The number of nitrogens with one attached hydrogen (secondary N) is 1. The number of aryl methyl sites for hydroxylation is 1. The van der Waals surface area contributed by atoms with E-state index in [9.17, 15) is 8.42 Å². The molecule has 0 saturated heterocycles. The molecule has 7 heteroatoms. The first-order valence-electron chi connectivity index (χ1n) is 5.90. The van der Waals surface area contributed by atoms with E-state index in [1.165, 1.54) is 17.4 Å². The van der Waals surface area contributed by atoms with Crippen LogP contribution < -0.4 is 10.5 Å². The number of hydrogen-bond acceptors (Lipinski definition) is 4. The largest absolute Gasteiger partial charge is 0.398 e. The van der Waals surface area contributed by atoms with Crippen LogP contribution in [0.25, 0.3) is 0 Å². The van der Waals surface area contributed by atoms with Crippen LogP contribution in [-0.4, -0.2) is 8.42 Å². The third kappa shape index (κ3) is 3.41. The summed E-state index contributed by atoms with van der Waals surface area (Å²) in [5, 5.41) is 0. The maximum absolute atomic E-state index is 12.3.